The zero-order valence-corrected chi connectivity index (χ0v) is 12.6. The van der Waals surface area contributed by atoms with Gasteiger partial charge in [0.05, 0.1) is 21.2 Å². The highest BCUT2D eigenvalue weighted by atomic mass is 35.5. The van der Waals surface area contributed by atoms with Crippen molar-refractivity contribution < 1.29 is 4.92 Å². The molecule has 6 heteroatoms. The number of non-ortho nitro benzene ring substituents is 1. The summed E-state index contributed by atoms with van der Waals surface area (Å²) < 4.78 is 0. The van der Waals surface area contributed by atoms with Gasteiger partial charge in [-0.2, -0.15) is 0 Å². The molecule has 2 aromatic carbocycles. The van der Waals surface area contributed by atoms with Gasteiger partial charge in [0.1, 0.15) is 0 Å². The molecular weight excluding hydrogens is 302 g/mol. The fraction of sp³-hybridized carbons (Fsp3) is 0.125. The van der Waals surface area contributed by atoms with E-state index in [0.29, 0.717) is 11.4 Å². The van der Waals surface area contributed by atoms with Gasteiger partial charge < -0.3 is 10.3 Å². The van der Waals surface area contributed by atoms with Crippen molar-refractivity contribution in [2.45, 2.75) is 6.42 Å². The molecule has 5 nitrogen and oxygen atoms in total. The highest BCUT2D eigenvalue weighted by molar-refractivity contribution is 6.33. The Kier molecular flexibility index (Phi) is 3.73. The van der Waals surface area contributed by atoms with Crippen LogP contribution in [-0.4, -0.2) is 17.0 Å². The van der Waals surface area contributed by atoms with Crippen LogP contribution in [-0.2, 0) is 6.42 Å². The number of hydrogen-bond donors (Lipinski definition) is 2. The predicted octanol–water partition coefficient (Wildman–Crippen LogP) is 4.36. The summed E-state index contributed by atoms with van der Waals surface area (Å²) in [5, 5.41) is 15.5. The largest absolute Gasteiger partial charge is 0.387 e. The zero-order valence-electron chi connectivity index (χ0n) is 11.9. The minimum atomic E-state index is -0.393. The van der Waals surface area contributed by atoms with Crippen LogP contribution in [0.15, 0.2) is 42.6 Å². The van der Waals surface area contributed by atoms with Crippen molar-refractivity contribution in [2.75, 3.05) is 12.4 Å². The van der Waals surface area contributed by atoms with Gasteiger partial charge >= 0.3 is 0 Å². The third kappa shape index (κ3) is 2.63. The Balaban J connectivity index is 1.94. The fourth-order valence-electron chi connectivity index (χ4n) is 2.53. The molecule has 0 atom stereocenters. The molecular formula is C16H14ClN3O2. The van der Waals surface area contributed by atoms with Gasteiger partial charge in [-0.3, -0.25) is 10.1 Å². The molecule has 0 bridgehead atoms. The summed E-state index contributed by atoms with van der Waals surface area (Å²) in [5.74, 6) is 0. The van der Waals surface area contributed by atoms with E-state index in [-0.39, 0.29) is 5.69 Å². The fourth-order valence-corrected chi connectivity index (χ4v) is 2.82. The Morgan fingerprint density at radius 2 is 2.09 bits per heavy atom. The molecule has 0 radical (unpaired) electrons. The molecule has 0 aliphatic carbocycles. The van der Waals surface area contributed by atoms with Crippen molar-refractivity contribution in [1.29, 1.82) is 0 Å². The minimum Gasteiger partial charge on any atom is -0.387 e. The van der Waals surface area contributed by atoms with Gasteiger partial charge in [0.15, 0.2) is 0 Å². The number of benzene rings is 2. The lowest BCUT2D eigenvalue weighted by molar-refractivity contribution is -0.384. The Hall–Kier alpha value is -2.53. The standard InChI is InChI=1S/C16H14ClN3O2/c1-18-15-5-2-10(7-14(15)17)6-11-9-19-16-8-12(20(21)22)3-4-13(11)16/h2-5,7-9,18-19H,6H2,1H3. The number of fused-ring (bicyclic) bond motifs is 1. The van der Waals surface area contributed by atoms with Crippen molar-refractivity contribution in [3.05, 3.63) is 68.9 Å². The molecule has 0 aliphatic heterocycles. The normalized spacial score (nSPS) is 10.8. The van der Waals surface area contributed by atoms with Crippen LogP contribution in [0, 0.1) is 10.1 Å². The van der Waals surface area contributed by atoms with E-state index in [4.69, 9.17) is 11.6 Å². The second-order valence-electron chi connectivity index (χ2n) is 5.04. The summed E-state index contributed by atoms with van der Waals surface area (Å²) in [6.45, 7) is 0. The molecule has 0 fully saturated rings. The third-order valence-electron chi connectivity index (χ3n) is 3.66. The number of nitrogens with one attached hydrogen (secondary N) is 2. The first-order valence-corrected chi connectivity index (χ1v) is 7.17. The average molecular weight is 316 g/mol. The minimum absolute atomic E-state index is 0.0855. The Morgan fingerprint density at radius 3 is 2.77 bits per heavy atom. The maximum atomic E-state index is 10.8. The first kappa shape index (κ1) is 14.4. The molecule has 0 aliphatic rings. The van der Waals surface area contributed by atoms with Gasteiger partial charge in [0, 0.05) is 30.8 Å². The maximum absolute atomic E-state index is 10.8. The smallest absolute Gasteiger partial charge is 0.271 e. The Morgan fingerprint density at radius 1 is 1.27 bits per heavy atom. The molecule has 22 heavy (non-hydrogen) atoms. The van der Waals surface area contributed by atoms with Gasteiger partial charge in [0.25, 0.3) is 5.69 Å². The molecule has 0 saturated heterocycles. The number of aromatic nitrogens is 1. The molecule has 1 heterocycles. The van der Waals surface area contributed by atoms with Gasteiger partial charge in [0.2, 0.25) is 0 Å². The molecule has 0 unspecified atom stereocenters. The summed E-state index contributed by atoms with van der Waals surface area (Å²) in [4.78, 5) is 13.5. The highest BCUT2D eigenvalue weighted by Gasteiger charge is 2.11. The van der Waals surface area contributed by atoms with Gasteiger partial charge in [-0.25, -0.2) is 0 Å². The van der Waals surface area contributed by atoms with Gasteiger partial charge in [-0.15, -0.1) is 0 Å². The van der Waals surface area contributed by atoms with Crippen LogP contribution >= 0.6 is 11.6 Å². The number of nitro benzene ring substituents is 1. The molecule has 1 aromatic heterocycles. The van der Waals surface area contributed by atoms with Crippen molar-refractivity contribution in [1.82, 2.24) is 4.98 Å². The van der Waals surface area contributed by atoms with E-state index in [1.807, 2.05) is 31.4 Å². The second-order valence-corrected chi connectivity index (χ2v) is 5.45. The first-order valence-electron chi connectivity index (χ1n) is 6.79. The number of halogens is 1. The topological polar surface area (TPSA) is 71.0 Å². The first-order chi connectivity index (χ1) is 10.6. The van der Waals surface area contributed by atoms with E-state index in [2.05, 4.69) is 10.3 Å². The quantitative estimate of drug-likeness (QED) is 0.555. The van der Waals surface area contributed by atoms with E-state index >= 15 is 0 Å². The van der Waals surface area contributed by atoms with E-state index in [0.717, 1.165) is 27.7 Å². The van der Waals surface area contributed by atoms with Crippen LogP contribution < -0.4 is 5.32 Å². The summed E-state index contributed by atoms with van der Waals surface area (Å²) in [6, 6.07) is 10.7. The van der Waals surface area contributed by atoms with Crippen molar-refractivity contribution in [2.24, 2.45) is 0 Å². The number of anilines is 1. The summed E-state index contributed by atoms with van der Waals surface area (Å²) in [6.07, 6.45) is 2.59. The van der Waals surface area contributed by atoms with Crippen LogP contribution in [0.25, 0.3) is 10.9 Å². The second kappa shape index (κ2) is 5.69. The molecule has 2 N–H and O–H groups in total. The lowest BCUT2D eigenvalue weighted by atomic mass is 10.0. The number of hydrogen-bond acceptors (Lipinski definition) is 3. The van der Waals surface area contributed by atoms with Crippen molar-refractivity contribution in [3.8, 4) is 0 Å². The van der Waals surface area contributed by atoms with Crippen molar-refractivity contribution >= 4 is 33.9 Å². The van der Waals surface area contributed by atoms with E-state index in [9.17, 15) is 10.1 Å². The summed E-state index contributed by atoms with van der Waals surface area (Å²) >= 11 is 6.20. The summed E-state index contributed by atoms with van der Waals surface area (Å²) in [7, 11) is 1.83. The van der Waals surface area contributed by atoms with Crippen LogP contribution in [0.1, 0.15) is 11.1 Å². The molecule has 112 valence electrons. The molecule has 3 aromatic rings. The highest BCUT2D eigenvalue weighted by Crippen LogP contribution is 2.27. The van der Waals surface area contributed by atoms with Crippen LogP contribution in [0.4, 0.5) is 11.4 Å². The molecule has 0 spiro atoms. The van der Waals surface area contributed by atoms with E-state index < -0.39 is 4.92 Å². The number of nitrogens with zero attached hydrogens (tertiary/aromatic N) is 1. The Bertz CT molecular complexity index is 858. The zero-order chi connectivity index (χ0) is 15.7. The Labute approximate surface area is 132 Å². The van der Waals surface area contributed by atoms with Crippen LogP contribution in [0.2, 0.25) is 5.02 Å². The number of aromatic amines is 1. The lowest BCUT2D eigenvalue weighted by Crippen LogP contribution is -1.92. The third-order valence-corrected chi connectivity index (χ3v) is 3.97. The number of H-pyrrole nitrogens is 1. The van der Waals surface area contributed by atoms with Gasteiger partial charge in [-0.1, -0.05) is 17.7 Å². The molecule has 0 saturated carbocycles. The molecule has 0 amide bonds. The van der Waals surface area contributed by atoms with Crippen LogP contribution in [0.5, 0.6) is 0 Å². The van der Waals surface area contributed by atoms with E-state index in [1.165, 1.54) is 6.07 Å². The maximum Gasteiger partial charge on any atom is 0.271 e. The van der Waals surface area contributed by atoms with E-state index in [1.54, 1.807) is 12.1 Å². The summed E-state index contributed by atoms with van der Waals surface area (Å²) in [5.41, 5.74) is 3.91. The molecule has 3 rings (SSSR count). The number of rotatable bonds is 4. The number of nitro groups is 1. The van der Waals surface area contributed by atoms with Crippen molar-refractivity contribution in [3.63, 3.8) is 0 Å². The van der Waals surface area contributed by atoms with Crippen LogP contribution in [0.3, 0.4) is 0 Å². The van der Waals surface area contributed by atoms with Gasteiger partial charge in [-0.05, 0) is 35.7 Å². The SMILES string of the molecule is CNc1ccc(Cc2c[nH]c3cc([N+](=O)[O-])ccc23)cc1Cl. The predicted molar refractivity (Wildman–Crippen MR) is 88.8 cm³/mol. The average Bonchev–Trinajstić information content (AvgIpc) is 2.90. The lowest BCUT2D eigenvalue weighted by Gasteiger charge is -2.06. The monoisotopic (exact) mass is 315 g/mol.